The summed E-state index contributed by atoms with van der Waals surface area (Å²) in [5.74, 6) is -2.92. The molecule has 0 spiro atoms. The van der Waals surface area contributed by atoms with Crippen LogP contribution in [-0.2, 0) is 0 Å². The van der Waals surface area contributed by atoms with Crippen LogP contribution in [0.1, 0.15) is 20.7 Å². The maximum absolute atomic E-state index is 11.8. The molecule has 0 radical (unpaired) electrons. The Bertz CT molecular complexity index is 776. The Kier molecular flexibility index (Phi) is 6.06. The topological polar surface area (TPSA) is 127 Å². The summed E-state index contributed by atoms with van der Waals surface area (Å²) in [6, 6.07) is 11.0. The molecular formula is C16H10IO8-. The first-order valence-corrected chi connectivity index (χ1v) is 8.77. The molecule has 0 unspecified atom stereocenters. The predicted octanol–water partition coefficient (Wildman–Crippen LogP) is -0.130. The number of carbonyl (C=O) groups excluding carboxylic acids is 2. The van der Waals surface area contributed by atoms with Gasteiger partial charge in [-0.25, -0.2) is 0 Å². The minimum atomic E-state index is -1.93. The van der Waals surface area contributed by atoms with Crippen LogP contribution in [-0.4, -0.2) is 30.1 Å². The molecule has 2 rings (SSSR count). The SMILES string of the molecule is O=C(Oc1ccccc1C(=O)O)[I-]C(=O)Oc1ccccc1C(=O)O. The monoisotopic (exact) mass is 457 g/mol. The molecular weight excluding hydrogens is 447 g/mol. The molecule has 25 heavy (non-hydrogen) atoms. The van der Waals surface area contributed by atoms with Gasteiger partial charge in [0, 0.05) is 0 Å². The summed E-state index contributed by atoms with van der Waals surface area (Å²) in [7, 11) is 0. The second-order valence-electron chi connectivity index (χ2n) is 4.38. The van der Waals surface area contributed by atoms with Crippen LogP contribution >= 0.6 is 0 Å². The van der Waals surface area contributed by atoms with Gasteiger partial charge in [0.15, 0.2) is 0 Å². The number of carbonyl (C=O) groups is 4. The number of para-hydroxylation sites is 2. The van der Waals surface area contributed by atoms with E-state index in [9.17, 15) is 19.2 Å². The van der Waals surface area contributed by atoms with E-state index in [2.05, 4.69) is 0 Å². The van der Waals surface area contributed by atoms with E-state index in [0.29, 0.717) is 0 Å². The van der Waals surface area contributed by atoms with Crippen molar-refractivity contribution in [3.8, 4) is 11.5 Å². The molecule has 0 saturated heterocycles. The van der Waals surface area contributed by atoms with Gasteiger partial charge < -0.3 is 0 Å². The quantitative estimate of drug-likeness (QED) is 0.454. The number of hydrogen-bond donors (Lipinski definition) is 2. The zero-order valence-corrected chi connectivity index (χ0v) is 14.5. The third-order valence-corrected chi connectivity index (χ3v) is 4.09. The van der Waals surface area contributed by atoms with Gasteiger partial charge in [-0.3, -0.25) is 0 Å². The number of hydrogen-bond acceptors (Lipinski definition) is 6. The fraction of sp³-hybridized carbons (Fsp3) is 0. The van der Waals surface area contributed by atoms with E-state index in [0.717, 1.165) is 0 Å². The van der Waals surface area contributed by atoms with Crippen LogP contribution in [0.2, 0.25) is 0 Å². The Morgan fingerprint density at radius 3 is 1.40 bits per heavy atom. The van der Waals surface area contributed by atoms with Crippen molar-refractivity contribution in [1.82, 2.24) is 0 Å². The summed E-state index contributed by atoms with van der Waals surface area (Å²) in [6.07, 6.45) is 0. The van der Waals surface area contributed by atoms with E-state index in [-0.39, 0.29) is 22.6 Å². The zero-order valence-electron chi connectivity index (χ0n) is 12.3. The van der Waals surface area contributed by atoms with Gasteiger partial charge in [-0.05, 0) is 0 Å². The molecule has 0 heterocycles. The molecule has 0 amide bonds. The van der Waals surface area contributed by atoms with Crippen molar-refractivity contribution in [2.75, 3.05) is 0 Å². The van der Waals surface area contributed by atoms with E-state index in [1.54, 1.807) is 0 Å². The number of halogens is 1. The molecule has 0 bridgehead atoms. The minimum absolute atomic E-state index is 0.182. The maximum atomic E-state index is 11.8. The Hall–Kier alpha value is -2.95. The van der Waals surface area contributed by atoms with Gasteiger partial charge in [0.25, 0.3) is 0 Å². The van der Waals surface area contributed by atoms with Crippen molar-refractivity contribution in [2.24, 2.45) is 0 Å². The summed E-state index contributed by atoms with van der Waals surface area (Å²) in [6.45, 7) is 0. The number of benzene rings is 2. The summed E-state index contributed by atoms with van der Waals surface area (Å²) >= 11 is -1.93. The van der Waals surface area contributed by atoms with E-state index in [1.807, 2.05) is 0 Å². The zero-order chi connectivity index (χ0) is 18.4. The predicted molar refractivity (Wildman–Crippen MR) is 78.9 cm³/mol. The summed E-state index contributed by atoms with van der Waals surface area (Å²) < 4.78 is 7.96. The van der Waals surface area contributed by atoms with Crippen LogP contribution in [0, 0.1) is 0 Å². The van der Waals surface area contributed by atoms with E-state index in [1.165, 1.54) is 48.5 Å². The van der Waals surface area contributed by atoms with Gasteiger partial charge in [-0.2, -0.15) is 0 Å². The molecule has 130 valence electrons. The molecule has 0 aliphatic rings. The van der Waals surface area contributed by atoms with Gasteiger partial charge in [-0.1, -0.05) is 0 Å². The first-order chi connectivity index (χ1) is 11.9. The average molecular weight is 457 g/mol. The normalized spacial score (nSPS) is 10.1. The summed E-state index contributed by atoms with van der Waals surface area (Å²) in [5.41, 5.74) is -0.436. The van der Waals surface area contributed by atoms with Gasteiger partial charge in [0.05, 0.1) is 0 Å². The van der Waals surface area contributed by atoms with Crippen LogP contribution in [0.25, 0.3) is 0 Å². The van der Waals surface area contributed by atoms with Crippen molar-refractivity contribution in [1.29, 1.82) is 0 Å². The van der Waals surface area contributed by atoms with Crippen LogP contribution < -0.4 is 30.7 Å². The van der Waals surface area contributed by atoms with E-state index in [4.69, 9.17) is 19.7 Å². The van der Waals surface area contributed by atoms with E-state index >= 15 is 0 Å². The third-order valence-electron chi connectivity index (χ3n) is 2.77. The molecule has 2 aromatic rings. The molecule has 0 aliphatic carbocycles. The molecule has 8 nitrogen and oxygen atoms in total. The molecule has 0 aliphatic heterocycles. The summed E-state index contributed by atoms with van der Waals surface area (Å²) in [4.78, 5) is 45.7. The standard InChI is InChI=1S/C16H10IO8/c18-13(19)9-5-1-3-7-11(9)24-15(22)17-16(23)25-12-8-4-2-6-10(12)14(20)21/h1-8H,(H,18,19)(H,20,21)/q-1. The molecule has 2 N–H and O–H groups in total. The molecule has 0 atom stereocenters. The van der Waals surface area contributed by atoms with Gasteiger partial charge in [-0.15, -0.1) is 0 Å². The fourth-order valence-electron chi connectivity index (χ4n) is 1.74. The Balaban J connectivity index is 2.03. The molecule has 0 aromatic heterocycles. The Labute approximate surface area is 151 Å². The van der Waals surface area contributed by atoms with Gasteiger partial charge >= 0.3 is 151 Å². The van der Waals surface area contributed by atoms with Gasteiger partial charge in [0.1, 0.15) is 0 Å². The summed E-state index contributed by atoms with van der Waals surface area (Å²) in [5, 5.41) is 18.0. The van der Waals surface area contributed by atoms with Crippen molar-refractivity contribution in [3.05, 3.63) is 59.7 Å². The average Bonchev–Trinajstić information content (AvgIpc) is 2.55. The first-order valence-electron chi connectivity index (χ1n) is 6.61. The van der Waals surface area contributed by atoms with Crippen molar-refractivity contribution in [2.45, 2.75) is 0 Å². The molecule has 0 saturated carbocycles. The second-order valence-corrected chi connectivity index (χ2v) is 6.68. The van der Waals surface area contributed by atoms with Crippen LogP contribution in [0.15, 0.2) is 48.5 Å². The number of rotatable bonds is 6. The van der Waals surface area contributed by atoms with Crippen molar-refractivity contribution >= 4 is 19.9 Å². The van der Waals surface area contributed by atoms with Crippen molar-refractivity contribution < 1.29 is 60.1 Å². The van der Waals surface area contributed by atoms with Crippen LogP contribution in [0.5, 0.6) is 11.5 Å². The fourth-order valence-corrected chi connectivity index (χ4v) is 2.79. The molecule has 0 fully saturated rings. The molecule has 2 aromatic carbocycles. The van der Waals surface area contributed by atoms with Crippen molar-refractivity contribution in [3.63, 3.8) is 0 Å². The van der Waals surface area contributed by atoms with Crippen LogP contribution in [0.3, 0.4) is 0 Å². The number of carboxylic acid groups (broad SMARTS) is 2. The van der Waals surface area contributed by atoms with Crippen LogP contribution in [0.4, 0.5) is 9.59 Å². The Morgan fingerprint density at radius 1 is 0.680 bits per heavy atom. The van der Waals surface area contributed by atoms with Gasteiger partial charge in [0.2, 0.25) is 0 Å². The van der Waals surface area contributed by atoms with E-state index < -0.39 is 41.1 Å². The number of aromatic carboxylic acids is 2. The first kappa shape index (κ1) is 18.4. The second kappa shape index (κ2) is 8.24. The number of ether oxygens (including phenoxy) is 2. The number of carboxylic acids is 2. The third kappa shape index (κ3) is 5.01. The Morgan fingerprint density at radius 2 is 1.04 bits per heavy atom. The molecule has 9 heteroatoms.